The minimum atomic E-state index is -3.62. The molecule has 7 nitrogen and oxygen atoms in total. The fourth-order valence-electron chi connectivity index (χ4n) is 3.89. The molecule has 2 aromatic rings. The molecule has 0 aliphatic heterocycles. The van der Waals surface area contributed by atoms with E-state index in [9.17, 15) is 22.4 Å². The standard InChI is InChI=1S/C26H36FN3O4S/c1-5-24(26(32)28-20(2)3)29(19-17-21-10-7-6-8-11-21)25(31)12-9-18-30(35(4,33)34)23-15-13-22(27)14-16-23/h6-8,10-11,13-16,20,24H,5,9,12,17-19H2,1-4H3,(H,28,32). The van der Waals surface area contributed by atoms with Crippen molar-refractivity contribution < 1.29 is 22.4 Å². The summed E-state index contributed by atoms with van der Waals surface area (Å²) in [5, 5.41) is 2.90. The SMILES string of the molecule is CCC(C(=O)NC(C)C)N(CCc1ccccc1)C(=O)CCCN(c1ccc(F)cc1)S(C)(=O)=O. The molecule has 192 valence electrons. The molecule has 0 aromatic heterocycles. The van der Waals surface area contributed by atoms with E-state index >= 15 is 0 Å². The monoisotopic (exact) mass is 505 g/mol. The Labute approximate surface area is 208 Å². The highest BCUT2D eigenvalue weighted by atomic mass is 32.2. The van der Waals surface area contributed by atoms with E-state index in [2.05, 4.69) is 5.32 Å². The van der Waals surface area contributed by atoms with Crippen LogP contribution >= 0.6 is 0 Å². The number of carbonyl (C=O) groups excluding carboxylic acids is 2. The molecule has 1 N–H and O–H groups in total. The first kappa shape index (κ1) is 28.3. The summed E-state index contributed by atoms with van der Waals surface area (Å²) < 4.78 is 39.1. The van der Waals surface area contributed by atoms with Crippen LogP contribution in [0.4, 0.5) is 10.1 Å². The predicted molar refractivity (Wildman–Crippen MR) is 137 cm³/mol. The highest BCUT2D eigenvalue weighted by Gasteiger charge is 2.28. The van der Waals surface area contributed by atoms with Crippen LogP contribution in [-0.4, -0.2) is 56.6 Å². The van der Waals surface area contributed by atoms with Gasteiger partial charge in [0, 0.05) is 25.6 Å². The quantitative estimate of drug-likeness (QED) is 0.449. The predicted octanol–water partition coefficient (Wildman–Crippen LogP) is 3.75. The van der Waals surface area contributed by atoms with Crippen LogP contribution in [-0.2, 0) is 26.0 Å². The molecule has 0 fully saturated rings. The van der Waals surface area contributed by atoms with Gasteiger partial charge in [0.05, 0.1) is 11.9 Å². The molecule has 0 saturated heterocycles. The molecule has 0 bridgehead atoms. The van der Waals surface area contributed by atoms with Gasteiger partial charge in [0.15, 0.2) is 0 Å². The van der Waals surface area contributed by atoms with Crippen LogP contribution in [0.25, 0.3) is 0 Å². The molecule has 2 aromatic carbocycles. The van der Waals surface area contributed by atoms with Gasteiger partial charge in [0.25, 0.3) is 0 Å². The van der Waals surface area contributed by atoms with E-state index in [1.54, 1.807) is 4.90 Å². The zero-order valence-corrected chi connectivity index (χ0v) is 21.7. The Bertz CT molecular complexity index is 1060. The smallest absolute Gasteiger partial charge is 0.242 e. The maximum absolute atomic E-state index is 13.3. The van der Waals surface area contributed by atoms with Crippen molar-refractivity contribution in [1.29, 1.82) is 0 Å². The number of sulfonamides is 1. The third-order valence-corrected chi connectivity index (χ3v) is 6.76. The molecular formula is C26H36FN3O4S. The van der Waals surface area contributed by atoms with E-state index in [1.807, 2.05) is 51.1 Å². The Morgan fingerprint density at radius 3 is 2.17 bits per heavy atom. The summed E-state index contributed by atoms with van der Waals surface area (Å²) in [6, 6.07) is 14.3. The Kier molecular flexibility index (Phi) is 10.7. The van der Waals surface area contributed by atoms with Crippen molar-refractivity contribution in [3.63, 3.8) is 0 Å². The second kappa shape index (κ2) is 13.2. The number of nitrogens with one attached hydrogen (secondary N) is 1. The van der Waals surface area contributed by atoms with Crippen LogP contribution in [0.5, 0.6) is 0 Å². The minimum Gasteiger partial charge on any atom is -0.352 e. The number of carbonyl (C=O) groups is 2. The summed E-state index contributed by atoms with van der Waals surface area (Å²) in [5.74, 6) is -0.871. The summed E-state index contributed by atoms with van der Waals surface area (Å²) in [6.07, 6.45) is 2.47. The van der Waals surface area contributed by atoms with Gasteiger partial charge in [0.2, 0.25) is 21.8 Å². The number of amides is 2. The maximum atomic E-state index is 13.3. The molecule has 0 aliphatic rings. The van der Waals surface area contributed by atoms with E-state index < -0.39 is 21.9 Å². The van der Waals surface area contributed by atoms with E-state index in [0.717, 1.165) is 16.1 Å². The Morgan fingerprint density at radius 1 is 1.00 bits per heavy atom. The van der Waals surface area contributed by atoms with Gasteiger partial charge in [-0.25, -0.2) is 12.8 Å². The molecule has 0 radical (unpaired) electrons. The average molecular weight is 506 g/mol. The van der Waals surface area contributed by atoms with Crippen molar-refractivity contribution in [2.24, 2.45) is 0 Å². The number of hydrogen-bond acceptors (Lipinski definition) is 4. The van der Waals surface area contributed by atoms with Crippen molar-refractivity contribution >= 4 is 27.5 Å². The van der Waals surface area contributed by atoms with Crippen LogP contribution in [0.15, 0.2) is 54.6 Å². The van der Waals surface area contributed by atoms with Gasteiger partial charge in [-0.3, -0.25) is 13.9 Å². The van der Waals surface area contributed by atoms with Crippen molar-refractivity contribution in [2.75, 3.05) is 23.7 Å². The maximum Gasteiger partial charge on any atom is 0.242 e. The first-order valence-corrected chi connectivity index (χ1v) is 13.7. The molecule has 35 heavy (non-hydrogen) atoms. The molecule has 2 amide bonds. The molecule has 2 rings (SSSR count). The van der Waals surface area contributed by atoms with Crippen LogP contribution in [0.1, 0.15) is 45.6 Å². The zero-order chi connectivity index (χ0) is 26.0. The molecule has 0 saturated carbocycles. The zero-order valence-electron chi connectivity index (χ0n) is 20.9. The first-order chi connectivity index (χ1) is 16.5. The summed E-state index contributed by atoms with van der Waals surface area (Å²) in [5.41, 5.74) is 1.40. The molecule has 1 unspecified atom stereocenters. The molecule has 0 heterocycles. The Morgan fingerprint density at radius 2 is 1.63 bits per heavy atom. The first-order valence-electron chi connectivity index (χ1n) is 11.9. The lowest BCUT2D eigenvalue weighted by Gasteiger charge is -2.31. The number of hydrogen-bond donors (Lipinski definition) is 1. The van der Waals surface area contributed by atoms with Gasteiger partial charge in [-0.1, -0.05) is 37.3 Å². The van der Waals surface area contributed by atoms with E-state index in [0.29, 0.717) is 25.1 Å². The molecular weight excluding hydrogens is 469 g/mol. The second-order valence-corrected chi connectivity index (χ2v) is 10.7. The summed E-state index contributed by atoms with van der Waals surface area (Å²) >= 11 is 0. The summed E-state index contributed by atoms with van der Waals surface area (Å²) in [4.78, 5) is 27.7. The summed E-state index contributed by atoms with van der Waals surface area (Å²) in [6.45, 7) is 6.05. The topological polar surface area (TPSA) is 86.8 Å². The van der Waals surface area contributed by atoms with Crippen LogP contribution < -0.4 is 9.62 Å². The molecule has 0 spiro atoms. The third-order valence-electron chi connectivity index (χ3n) is 5.57. The van der Waals surface area contributed by atoms with E-state index in [-0.39, 0.29) is 37.2 Å². The number of rotatable bonds is 13. The Balaban J connectivity index is 2.14. The molecule has 1 atom stereocenters. The lowest BCUT2D eigenvalue weighted by Crippen LogP contribution is -2.51. The fourth-order valence-corrected chi connectivity index (χ4v) is 4.85. The van der Waals surface area contributed by atoms with Crippen molar-refractivity contribution in [2.45, 2.75) is 58.5 Å². The largest absolute Gasteiger partial charge is 0.352 e. The van der Waals surface area contributed by atoms with Crippen molar-refractivity contribution in [3.8, 4) is 0 Å². The minimum absolute atomic E-state index is 0.0540. The summed E-state index contributed by atoms with van der Waals surface area (Å²) in [7, 11) is -3.62. The lowest BCUT2D eigenvalue weighted by atomic mass is 10.1. The number of benzene rings is 2. The van der Waals surface area contributed by atoms with Gasteiger partial charge in [-0.15, -0.1) is 0 Å². The lowest BCUT2D eigenvalue weighted by molar-refractivity contribution is -0.141. The molecule has 9 heteroatoms. The third kappa shape index (κ3) is 8.98. The van der Waals surface area contributed by atoms with Gasteiger partial charge < -0.3 is 10.2 Å². The van der Waals surface area contributed by atoms with Crippen LogP contribution in [0.2, 0.25) is 0 Å². The number of halogens is 1. The highest BCUT2D eigenvalue weighted by Crippen LogP contribution is 2.19. The van der Waals surface area contributed by atoms with Gasteiger partial charge in [0.1, 0.15) is 11.9 Å². The van der Waals surface area contributed by atoms with E-state index in [1.165, 1.54) is 24.3 Å². The van der Waals surface area contributed by atoms with Crippen molar-refractivity contribution in [3.05, 3.63) is 66.0 Å². The highest BCUT2D eigenvalue weighted by molar-refractivity contribution is 7.92. The number of anilines is 1. The normalized spacial score (nSPS) is 12.3. The van der Waals surface area contributed by atoms with Crippen LogP contribution in [0.3, 0.4) is 0 Å². The number of nitrogens with zero attached hydrogens (tertiary/aromatic N) is 2. The van der Waals surface area contributed by atoms with Gasteiger partial charge in [-0.05, 0) is 62.9 Å². The Hall–Kier alpha value is -2.94. The van der Waals surface area contributed by atoms with Crippen LogP contribution in [0, 0.1) is 5.82 Å². The van der Waals surface area contributed by atoms with E-state index in [4.69, 9.17) is 0 Å². The van der Waals surface area contributed by atoms with Gasteiger partial charge >= 0.3 is 0 Å². The molecule has 0 aliphatic carbocycles. The van der Waals surface area contributed by atoms with Crippen molar-refractivity contribution in [1.82, 2.24) is 10.2 Å². The average Bonchev–Trinajstić information content (AvgIpc) is 2.79. The van der Waals surface area contributed by atoms with Gasteiger partial charge in [-0.2, -0.15) is 0 Å². The second-order valence-electron chi connectivity index (χ2n) is 8.83. The fraction of sp³-hybridized carbons (Fsp3) is 0.462.